The van der Waals surface area contributed by atoms with Gasteiger partial charge in [0.1, 0.15) is 0 Å². The second kappa shape index (κ2) is 4.89. The van der Waals surface area contributed by atoms with E-state index in [0.717, 1.165) is 23.3 Å². The van der Waals surface area contributed by atoms with Crippen LogP contribution in [0.4, 0.5) is 0 Å². The fourth-order valence-electron chi connectivity index (χ4n) is 2.97. The van der Waals surface area contributed by atoms with Crippen molar-refractivity contribution in [1.82, 2.24) is 5.32 Å². The lowest BCUT2D eigenvalue weighted by molar-refractivity contribution is 0.346. The van der Waals surface area contributed by atoms with Gasteiger partial charge in [-0.3, -0.25) is 0 Å². The highest BCUT2D eigenvalue weighted by molar-refractivity contribution is 8.00. The van der Waals surface area contributed by atoms with Gasteiger partial charge in [-0.25, -0.2) is 0 Å². The lowest BCUT2D eigenvalue weighted by Gasteiger charge is -2.26. The van der Waals surface area contributed by atoms with Gasteiger partial charge >= 0.3 is 0 Å². The van der Waals surface area contributed by atoms with Crippen LogP contribution in [0, 0.1) is 5.92 Å². The summed E-state index contributed by atoms with van der Waals surface area (Å²) < 4.78 is 0. The molecule has 0 aromatic rings. The Hall–Kier alpha value is 0.310. The van der Waals surface area contributed by atoms with E-state index in [0.29, 0.717) is 0 Å². The Morgan fingerprint density at radius 3 is 2.71 bits per heavy atom. The molecule has 4 atom stereocenters. The summed E-state index contributed by atoms with van der Waals surface area (Å²) >= 11 is 2.14. The molecular weight excluding hydrogens is 190 g/mol. The maximum Gasteiger partial charge on any atom is 0.0194 e. The van der Waals surface area contributed by atoms with Crippen molar-refractivity contribution in [2.75, 3.05) is 5.75 Å². The molecule has 0 spiro atoms. The van der Waals surface area contributed by atoms with Crippen LogP contribution in [0.2, 0.25) is 0 Å². The molecule has 1 N–H and O–H groups in total. The number of thioether (sulfide) groups is 1. The molecule has 1 nitrogen and oxygen atoms in total. The van der Waals surface area contributed by atoms with Gasteiger partial charge in [0.25, 0.3) is 0 Å². The number of hydrogen-bond acceptors (Lipinski definition) is 2. The van der Waals surface area contributed by atoms with Crippen LogP contribution in [0.15, 0.2) is 0 Å². The van der Waals surface area contributed by atoms with Crippen LogP contribution in [0.5, 0.6) is 0 Å². The van der Waals surface area contributed by atoms with Gasteiger partial charge in [-0.05, 0) is 30.9 Å². The van der Waals surface area contributed by atoms with Gasteiger partial charge in [0.2, 0.25) is 0 Å². The predicted octanol–water partition coefficient (Wildman–Crippen LogP) is 3.05. The van der Waals surface area contributed by atoms with Crippen LogP contribution in [-0.4, -0.2) is 23.1 Å². The van der Waals surface area contributed by atoms with Crippen LogP contribution in [0.25, 0.3) is 0 Å². The number of hydrogen-bond donors (Lipinski definition) is 1. The minimum atomic E-state index is 0.803. The van der Waals surface area contributed by atoms with Crippen LogP contribution < -0.4 is 5.32 Å². The van der Waals surface area contributed by atoms with Gasteiger partial charge in [-0.15, -0.1) is 0 Å². The first-order chi connectivity index (χ1) is 6.81. The minimum Gasteiger partial charge on any atom is -0.310 e. The van der Waals surface area contributed by atoms with Crippen molar-refractivity contribution in [3.05, 3.63) is 0 Å². The normalized spacial score (nSPS) is 43.3. The molecule has 14 heavy (non-hydrogen) atoms. The Morgan fingerprint density at radius 2 is 2.07 bits per heavy atom. The SMILES string of the molecule is CCC1CCCC1NC1CCSC1C. The topological polar surface area (TPSA) is 12.0 Å². The third-order valence-corrected chi connectivity index (χ3v) is 5.31. The van der Waals surface area contributed by atoms with E-state index < -0.39 is 0 Å². The maximum atomic E-state index is 3.91. The maximum absolute atomic E-state index is 3.91. The van der Waals surface area contributed by atoms with Crippen molar-refractivity contribution in [3.8, 4) is 0 Å². The zero-order valence-corrected chi connectivity index (χ0v) is 10.3. The van der Waals surface area contributed by atoms with Gasteiger partial charge < -0.3 is 5.32 Å². The second-order valence-corrected chi connectivity index (χ2v) is 6.33. The summed E-state index contributed by atoms with van der Waals surface area (Å²) in [7, 11) is 0. The van der Waals surface area contributed by atoms with E-state index in [1.165, 1.54) is 37.9 Å². The minimum absolute atomic E-state index is 0.803. The van der Waals surface area contributed by atoms with E-state index in [4.69, 9.17) is 0 Å². The van der Waals surface area contributed by atoms with Gasteiger partial charge in [0.05, 0.1) is 0 Å². The molecular formula is C12H23NS. The van der Waals surface area contributed by atoms with Crippen molar-refractivity contribution in [2.24, 2.45) is 5.92 Å². The van der Waals surface area contributed by atoms with Crippen molar-refractivity contribution >= 4 is 11.8 Å². The first-order valence-electron chi connectivity index (χ1n) is 6.19. The van der Waals surface area contributed by atoms with E-state index in [-0.39, 0.29) is 0 Å². The molecule has 0 bridgehead atoms. The number of nitrogens with one attached hydrogen (secondary N) is 1. The largest absolute Gasteiger partial charge is 0.310 e. The fraction of sp³-hybridized carbons (Fsp3) is 1.00. The van der Waals surface area contributed by atoms with Crippen LogP contribution in [0.3, 0.4) is 0 Å². The van der Waals surface area contributed by atoms with Crippen molar-refractivity contribution in [1.29, 1.82) is 0 Å². The first kappa shape index (κ1) is 10.8. The number of rotatable bonds is 3. The third-order valence-electron chi connectivity index (χ3n) is 3.99. The van der Waals surface area contributed by atoms with E-state index in [1.54, 1.807) is 0 Å². The Bertz CT molecular complexity index is 183. The summed E-state index contributed by atoms with van der Waals surface area (Å²) in [6, 6.07) is 1.64. The Morgan fingerprint density at radius 1 is 1.21 bits per heavy atom. The van der Waals surface area contributed by atoms with Gasteiger partial charge in [0.15, 0.2) is 0 Å². The predicted molar refractivity (Wildman–Crippen MR) is 64.9 cm³/mol. The molecule has 4 unspecified atom stereocenters. The molecule has 2 rings (SSSR count). The van der Waals surface area contributed by atoms with Crippen LogP contribution in [-0.2, 0) is 0 Å². The molecule has 1 heterocycles. The molecule has 2 aliphatic rings. The summed E-state index contributed by atoms with van der Waals surface area (Å²) in [6.07, 6.45) is 7.09. The second-order valence-electron chi connectivity index (χ2n) is 4.84. The van der Waals surface area contributed by atoms with Gasteiger partial charge in [0, 0.05) is 17.3 Å². The standard InChI is InChI=1S/C12H23NS/c1-3-10-5-4-6-12(10)13-11-7-8-14-9(11)2/h9-13H,3-8H2,1-2H3. The molecule has 2 fully saturated rings. The van der Waals surface area contributed by atoms with Crippen LogP contribution in [0.1, 0.15) is 46.0 Å². The van der Waals surface area contributed by atoms with E-state index in [1.807, 2.05) is 0 Å². The molecule has 0 aromatic carbocycles. The monoisotopic (exact) mass is 213 g/mol. The van der Waals surface area contributed by atoms with E-state index in [9.17, 15) is 0 Å². The molecule has 0 amide bonds. The summed E-state index contributed by atoms with van der Waals surface area (Å²) in [5, 5.41) is 4.75. The highest BCUT2D eigenvalue weighted by atomic mass is 32.2. The lowest BCUT2D eigenvalue weighted by atomic mass is 9.99. The third kappa shape index (κ3) is 2.27. The Balaban J connectivity index is 1.83. The molecule has 1 saturated heterocycles. The summed E-state index contributed by atoms with van der Waals surface area (Å²) in [4.78, 5) is 0. The average molecular weight is 213 g/mol. The first-order valence-corrected chi connectivity index (χ1v) is 7.23. The summed E-state index contributed by atoms with van der Waals surface area (Å²) in [5.74, 6) is 2.33. The van der Waals surface area contributed by atoms with Gasteiger partial charge in [-0.2, -0.15) is 11.8 Å². The quantitative estimate of drug-likeness (QED) is 0.773. The average Bonchev–Trinajstić information content (AvgIpc) is 2.77. The zero-order valence-electron chi connectivity index (χ0n) is 9.46. The molecule has 1 aliphatic heterocycles. The Labute approximate surface area is 92.4 Å². The fourth-order valence-corrected chi connectivity index (χ4v) is 4.18. The zero-order chi connectivity index (χ0) is 9.97. The van der Waals surface area contributed by atoms with E-state index in [2.05, 4.69) is 30.9 Å². The molecule has 82 valence electrons. The summed E-state index contributed by atoms with van der Waals surface area (Å²) in [6.45, 7) is 4.72. The van der Waals surface area contributed by atoms with Gasteiger partial charge in [-0.1, -0.05) is 26.7 Å². The molecule has 1 aliphatic carbocycles. The lowest BCUT2D eigenvalue weighted by Crippen LogP contribution is -2.42. The molecule has 0 radical (unpaired) electrons. The highest BCUT2D eigenvalue weighted by Gasteiger charge is 2.31. The van der Waals surface area contributed by atoms with Crippen molar-refractivity contribution in [3.63, 3.8) is 0 Å². The van der Waals surface area contributed by atoms with Crippen LogP contribution >= 0.6 is 11.8 Å². The highest BCUT2D eigenvalue weighted by Crippen LogP contribution is 2.32. The van der Waals surface area contributed by atoms with E-state index >= 15 is 0 Å². The molecule has 2 heteroatoms. The smallest absolute Gasteiger partial charge is 0.0194 e. The van der Waals surface area contributed by atoms with Crippen molar-refractivity contribution < 1.29 is 0 Å². The van der Waals surface area contributed by atoms with Crippen molar-refractivity contribution in [2.45, 2.75) is 63.3 Å². The molecule has 1 saturated carbocycles. The Kier molecular flexibility index (Phi) is 3.78. The molecule has 0 aromatic heterocycles. The summed E-state index contributed by atoms with van der Waals surface area (Å²) in [5.41, 5.74) is 0.